The summed E-state index contributed by atoms with van der Waals surface area (Å²) in [5, 5.41) is 0. The maximum Gasteiger partial charge on any atom is 0.282 e. The van der Waals surface area contributed by atoms with Crippen molar-refractivity contribution in [1.29, 1.82) is 0 Å². The number of aromatic nitrogens is 1. The van der Waals surface area contributed by atoms with Gasteiger partial charge in [-0.3, -0.25) is 0 Å². The van der Waals surface area contributed by atoms with Gasteiger partial charge in [-0.05, 0) is 31.9 Å². The van der Waals surface area contributed by atoms with E-state index in [1.54, 1.807) is 8.61 Å². The Morgan fingerprint density at radius 3 is 2.45 bits per heavy atom. The Balaban J connectivity index is 1.84. The van der Waals surface area contributed by atoms with E-state index in [-0.39, 0.29) is 6.04 Å². The number of hydrogen-bond acceptors (Lipinski definition) is 2. The monoisotopic (exact) mass is 297 g/mol. The van der Waals surface area contributed by atoms with Gasteiger partial charge in [0, 0.05) is 38.1 Å². The van der Waals surface area contributed by atoms with E-state index in [1.807, 2.05) is 25.3 Å². The van der Waals surface area contributed by atoms with E-state index >= 15 is 0 Å². The third-order valence-electron chi connectivity index (χ3n) is 4.47. The van der Waals surface area contributed by atoms with Crippen LogP contribution in [0.15, 0.2) is 18.3 Å². The van der Waals surface area contributed by atoms with Gasteiger partial charge in [-0.1, -0.05) is 12.8 Å². The molecule has 0 bridgehead atoms. The third kappa shape index (κ3) is 2.40. The molecule has 112 valence electrons. The molecule has 5 nitrogen and oxygen atoms in total. The summed E-state index contributed by atoms with van der Waals surface area (Å²) >= 11 is 0. The molecule has 3 rings (SSSR count). The zero-order chi connectivity index (χ0) is 14.2. The van der Waals surface area contributed by atoms with Crippen LogP contribution in [0.5, 0.6) is 0 Å². The van der Waals surface area contributed by atoms with E-state index in [0.29, 0.717) is 19.6 Å². The molecule has 1 atom stereocenters. The zero-order valence-electron chi connectivity index (χ0n) is 12.0. The van der Waals surface area contributed by atoms with Crippen LogP contribution in [-0.4, -0.2) is 41.2 Å². The van der Waals surface area contributed by atoms with E-state index in [1.165, 1.54) is 0 Å². The van der Waals surface area contributed by atoms with Crippen LogP contribution in [0.3, 0.4) is 0 Å². The fraction of sp³-hybridized carbons (Fsp3) is 0.714. The first kappa shape index (κ1) is 14.1. The molecule has 20 heavy (non-hydrogen) atoms. The van der Waals surface area contributed by atoms with Gasteiger partial charge in [0.2, 0.25) is 0 Å². The highest BCUT2D eigenvalue weighted by molar-refractivity contribution is 7.86. The lowest BCUT2D eigenvalue weighted by Gasteiger charge is -2.37. The second-order valence-corrected chi connectivity index (χ2v) is 7.62. The van der Waals surface area contributed by atoms with Crippen LogP contribution in [0.25, 0.3) is 0 Å². The van der Waals surface area contributed by atoms with Crippen molar-refractivity contribution in [2.75, 3.05) is 19.6 Å². The van der Waals surface area contributed by atoms with Gasteiger partial charge in [0.15, 0.2) is 0 Å². The molecule has 1 unspecified atom stereocenters. The van der Waals surface area contributed by atoms with Crippen molar-refractivity contribution in [3.05, 3.63) is 24.0 Å². The van der Waals surface area contributed by atoms with Gasteiger partial charge in [0.25, 0.3) is 10.2 Å². The lowest BCUT2D eigenvalue weighted by Crippen LogP contribution is -2.48. The summed E-state index contributed by atoms with van der Waals surface area (Å²) in [6, 6.07) is 3.94. The number of fused-ring (bicyclic) bond motifs is 1. The molecule has 0 N–H and O–H groups in total. The average Bonchev–Trinajstić information content (AvgIpc) is 2.73. The molecule has 2 aliphatic heterocycles. The molecule has 2 aliphatic rings. The van der Waals surface area contributed by atoms with Gasteiger partial charge in [0.05, 0.1) is 6.04 Å². The van der Waals surface area contributed by atoms with Crippen LogP contribution in [0.1, 0.15) is 44.3 Å². The topological polar surface area (TPSA) is 45.6 Å². The van der Waals surface area contributed by atoms with Crippen molar-refractivity contribution in [3.63, 3.8) is 0 Å². The summed E-state index contributed by atoms with van der Waals surface area (Å²) in [5.41, 5.74) is 1.09. The highest BCUT2D eigenvalue weighted by Gasteiger charge is 2.36. The SMILES string of the molecule is CC1c2cccn2CCN1S(=O)(=O)N1CCCCCC1. The molecule has 0 saturated carbocycles. The molecule has 0 aliphatic carbocycles. The lowest BCUT2D eigenvalue weighted by atomic mass is 10.2. The van der Waals surface area contributed by atoms with Crippen LogP contribution in [-0.2, 0) is 16.8 Å². The molecule has 1 saturated heterocycles. The van der Waals surface area contributed by atoms with Gasteiger partial charge in [-0.25, -0.2) is 0 Å². The predicted octanol–water partition coefficient (Wildman–Crippen LogP) is 1.99. The van der Waals surface area contributed by atoms with Gasteiger partial charge in [0.1, 0.15) is 0 Å². The molecule has 0 amide bonds. The first-order valence-electron chi connectivity index (χ1n) is 7.52. The maximum absolute atomic E-state index is 12.9. The second kappa shape index (κ2) is 5.50. The molecule has 1 aromatic rings. The normalized spacial score (nSPS) is 26.1. The largest absolute Gasteiger partial charge is 0.349 e. The van der Waals surface area contributed by atoms with Crippen molar-refractivity contribution >= 4 is 10.2 Å². The van der Waals surface area contributed by atoms with Crippen molar-refractivity contribution < 1.29 is 8.42 Å². The van der Waals surface area contributed by atoms with E-state index < -0.39 is 10.2 Å². The molecule has 0 spiro atoms. The summed E-state index contributed by atoms with van der Waals surface area (Å²) in [6.07, 6.45) is 6.28. The average molecular weight is 297 g/mol. The molecule has 3 heterocycles. The van der Waals surface area contributed by atoms with E-state index in [4.69, 9.17) is 0 Å². The molecule has 6 heteroatoms. The first-order chi connectivity index (χ1) is 9.60. The van der Waals surface area contributed by atoms with Crippen molar-refractivity contribution in [2.45, 2.75) is 45.2 Å². The number of hydrogen-bond donors (Lipinski definition) is 0. The molecular weight excluding hydrogens is 274 g/mol. The second-order valence-electron chi connectivity index (χ2n) is 5.73. The third-order valence-corrected chi connectivity index (χ3v) is 6.58. The summed E-state index contributed by atoms with van der Waals surface area (Å²) in [6.45, 7) is 4.65. The smallest absolute Gasteiger partial charge is 0.282 e. The fourth-order valence-corrected chi connectivity index (χ4v) is 5.13. The standard InChI is InChI=1S/C14H23N3O2S/c1-13-14-7-6-8-15(14)11-12-17(13)20(18,19)16-9-4-2-3-5-10-16/h6-8,13H,2-5,9-12H2,1H3. The fourth-order valence-electron chi connectivity index (χ4n) is 3.29. The minimum absolute atomic E-state index is 0.0768. The van der Waals surface area contributed by atoms with Crippen LogP contribution >= 0.6 is 0 Å². The van der Waals surface area contributed by atoms with E-state index in [0.717, 1.165) is 37.9 Å². The first-order valence-corrected chi connectivity index (χ1v) is 8.92. The minimum Gasteiger partial charge on any atom is -0.349 e. The molecule has 1 fully saturated rings. The van der Waals surface area contributed by atoms with Gasteiger partial charge in [-0.15, -0.1) is 0 Å². The van der Waals surface area contributed by atoms with Gasteiger partial charge in [-0.2, -0.15) is 17.0 Å². The van der Waals surface area contributed by atoms with Crippen LogP contribution in [0.4, 0.5) is 0 Å². The Hall–Kier alpha value is -0.850. The highest BCUT2D eigenvalue weighted by atomic mass is 32.2. The van der Waals surface area contributed by atoms with Crippen LogP contribution in [0, 0.1) is 0 Å². The summed E-state index contributed by atoms with van der Waals surface area (Å²) in [7, 11) is -3.32. The zero-order valence-corrected chi connectivity index (χ0v) is 12.8. The quantitative estimate of drug-likeness (QED) is 0.838. The van der Waals surface area contributed by atoms with E-state index in [2.05, 4.69) is 4.57 Å². The van der Waals surface area contributed by atoms with Crippen LogP contribution < -0.4 is 0 Å². The van der Waals surface area contributed by atoms with Gasteiger partial charge < -0.3 is 4.57 Å². The lowest BCUT2D eigenvalue weighted by molar-refractivity contribution is 0.255. The molecular formula is C14H23N3O2S. The summed E-state index contributed by atoms with van der Waals surface area (Å²) in [4.78, 5) is 0. The summed E-state index contributed by atoms with van der Waals surface area (Å²) < 4.78 is 31.3. The molecule has 1 aromatic heterocycles. The van der Waals surface area contributed by atoms with Gasteiger partial charge >= 0.3 is 0 Å². The Morgan fingerprint density at radius 1 is 1.05 bits per heavy atom. The Kier molecular flexibility index (Phi) is 3.88. The van der Waals surface area contributed by atoms with Crippen LogP contribution in [0.2, 0.25) is 0 Å². The van der Waals surface area contributed by atoms with Crippen molar-refractivity contribution in [2.24, 2.45) is 0 Å². The Labute approximate surface area is 121 Å². The Bertz CT molecular complexity index is 559. The minimum atomic E-state index is -3.32. The maximum atomic E-state index is 12.9. The van der Waals surface area contributed by atoms with Crippen molar-refractivity contribution in [1.82, 2.24) is 13.2 Å². The highest BCUT2D eigenvalue weighted by Crippen LogP contribution is 2.30. The van der Waals surface area contributed by atoms with Crippen molar-refractivity contribution in [3.8, 4) is 0 Å². The number of nitrogens with zero attached hydrogens (tertiary/aromatic N) is 3. The summed E-state index contributed by atoms with van der Waals surface area (Å²) in [5.74, 6) is 0. The predicted molar refractivity (Wildman–Crippen MR) is 78.5 cm³/mol. The number of rotatable bonds is 2. The van der Waals surface area contributed by atoms with E-state index in [9.17, 15) is 8.42 Å². The molecule has 0 aromatic carbocycles. The molecule has 0 radical (unpaired) electrons. The Morgan fingerprint density at radius 2 is 1.75 bits per heavy atom.